The molecule has 2 heterocycles. The molecule has 0 aliphatic rings. The minimum atomic E-state index is 0.0303. The zero-order valence-electron chi connectivity index (χ0n) is 16.8. The monoisotopic (exact) mass is 432 g/mol. The van der Waals surface area contributed by atoms with Crippen LogP contribution in [0.1, 0.15) is 11.6 Å². The fourth-order valence-electron chi connectivity index (χ4n) is 2.96. The van der Waals surface area contributed by atoms with Gasteiger partial charge in [0, 0.05) is 11.1 Å². The summed E-state index contributed by atoms with van der Waals surface area (Å²) >= 11 is 0. The second-order valence-electron chi connectivity index (χ2n) is 6.51. The third-order valence-electron chi connectivity index (χ3n) is 4.21. The molecule has 0 radical (unpaired) electrons. The summed E-state index contributed by atoms with van der Waals surface area (Å²) in [5.41, 5.74) is 24.1. The predicted molar refractivity (Wildman–Crippen MR) is 118 cm³/mol. The van der Waals surface area contributed by atoms with E-state index in [1.807, 2.05) is 48.5 Å². The molecular formula is C20H20N10O2. The maximum absolute atomic E-state index is 5.95. The molecule has 0 saturated heterocycles. The Hall–Kier alpha value is -4.74. The highest BCUT2D eigenvalue weighted by molar-refractivity contribution is 5.75. The number of rotatable bonds is 7. The first-order chi connectivity index (χ1) is 15.5. The summed E-state index contributed by atoms with van der Waals surface area (Å²) < 4.78 is 11.9. The molecule has 0 atom stereocenters. The molecule has 4 aromatic rings. The largest absolute Gasteiger partial charge is 0.485 e. The highest BCUT2D eigenvalue weighted by Gasteiger charge is 2.13. The number of hydrogen-bond acceptors (Lipinski definition) is 12. The molecule has 4 rings (SSSR count). The Labute approximate surface area is 182 Å². The number of para-hydroxylation sites is 2. The molecule has 12 nitrogen and oxygen atoms in total. The van der Waals surface area contributed by atoms with E-state index in [-0.39, 0.29) is 37.0 Å². The highest BCUT2D eigenvalue weighted by atomic mass is 16.5. The summed E-state index contributed by atoms with van der Waals surface area (Å²) in [5.74, 6) is 1.94. The minimum Gasteiger partial charge on any atom is -0.485 e. The summed E-state index contributed by atoms with van der Waals surface area (Å²) in [6.07, 6.45) is 0. The number of benzene rings is 2. The Kier molecular flexibility index (Phi) is 5.74. The predicted octanol–water partition coefficient (Wildman–Crippen LogP) is 1.21. The molecule has 2 aromatic heterocycles. The molecule has 12 heteroatoms. The number of hydrogen-bond donors (Lipinski definition) is 4. The Morgan fingerprint density at radius 2 is 0.844 bits per heavy atom. The number of ether oxygens (including phenoxy) is 2. The van der Waals surface area contributed by atoms with E-state index in [2.05, 4.69) is 29.9 Å². The van der Waals surface area contributed by atoms with Gasteiger partial charge in [0.25, 0.3) is 0 Å². The highest BCUT2D eigenvalue weighted by Crippen LogP contribution is 2.36. The van der Waals surface area contributed by atoms with Crippen molar-refractivity contribution in [2.45, 2.75) is 13.2 Å². The number of aromatic nitrogens is 6. The second kappa shape index (κ2) is 8.95. The minimum absolute atomic E-state index is 0.0303. The Balaban J connectivity index is 1.57. The van der Waals surface area contributed by atoms with Gasteiger partial charge >= 0.3 is 0 Å². The van der Waals surface area contributed by atoms with Gasteiger partial charge in [0.2, 0.25) is 23.8 Å². The molecule has 0 unspecified atom stereocenters. The zero-order valence-corrected chi connectivity index (χ0v) is 16.8. The van der Waals surface area contributed by atoms with Gasteiger partial charge < -0.3 is 32.4 Å². The third-order valence-corrected chi connectivity index (χ3v) is 4.21. The van der Waals surface area contributed by atoms with E-state index in [0.717, 1.165) is 11.1 Å². The van der Waals surface area contributed by atoms with Crippen LogP contribution in [-0.4, -0.2) is 29.9 Å². The van der Waals surface area contributed by atoms with Gasteiger partial charge in [-0.05, 0) is 12.1 Å². The first kappa shape index (κ1) is 20.5. The number of nitrogens with zero attached hydrogens (tertiary/aromatic N) is 6. The van der Waals surface area contributed by atoms with Crippen LogP contribution in [0.2, 0.25) is 0 Å². The van der Waals surface area contributed by atoms with Gasteiger partial charge in [-0.3, -0.25) is 0 Å². The fourth-order valence-corrected chi connectivity index (χ4v) is 2.96. The maximum Gasteiger partial charge on any atom is 0.225 e. The van der Waals surface area contributed by atoms with Crippen molar-refractivity contribution in [3.05, 3.63) is 60.2 Å². The van der Waals surface area contributed by atoms with Crippen LogP contribution in [0.4, 0.5) is 23.8 Å². The first-order valence-electron chi connectivity index (χ1n) is 9.44. The molecule has 32 heavy (non-hydrogen) atoms. The van der Waals surface area contributed by atoms with Crippen molar-refractivity contribution >= 4 is 23.8 Å². The SMILES string of the molecule is Nc1nc(N)nc(COc2ccccc2-c2ccccc2OCc2nc(N)nc(N)n2)n1. The van der Waals surface area contributed by atoms with E-state index in [4.69, 9.17) is 32.4 Å². The van der Waals surface area contributed by atoms with Gasteiger partial charge in [0.1, 0.15) is 24.7 Å². The van der Waals surface area contributed by atoms with Crippen LogP contribution in [0, 0.1) is 0 Å². The van der Waals surface area contributed by atoms with Crippen molar-refractivity contribution in [3.63, 3.8) is 0 Å². The van der Waals surface area contributed by atoms with E-state index in [1.54, 1.807) is 0 Å². The summed E-state index contributed by atoms with van der Waals surface area (Å²) in [6.45, 7) is 0.112. The van der Waals surface area contributed by atoms with Crippen molar-refractivity contribution in [3.8, 4) is 22.6 Å². The number of nitrogens with two attached hydrogens (primary N) is 4. The van der Waals surface area contributed by atoms with Gasteiger partial charge in [0.15, 0.2) is 11.6 Å². The van der Waals surface area contributed by atoms with Gasteiger partial charge in [-0.25, -0.2) is 0 Å². The van der Waals surface area contributed by atoms with Crippen molar-refractivity contribution in [2.75, 3.05) is 22.9 Å². The van der Waals surface area contributed by atoms with Crippen LogP contribution in [-0.2, 0) is 13.2 Å². The smallest absolute Gasteiger partial charge is 0.225 e. The molecule has 8 N–H and O–H groups in total. The van der Waals surface area contributed by atoms with Crippen molar-refractivity contribution in [2.24, 2.45) is 0 Å². The molecule has 2 aromatic carbocycles. The van der Waals surface area contributed by atoms with Gasteiger partial charge in [-0.15, -0.1) is 0 Å². The molecule has 0 saturated carbocycles. The second-order valence-corrected chi connectivity index (χ2v) is 6.51. The summed E-state index contributed by atoms with van der Waals surface area (Å²) in [6, 6.07) is 15.0. The van der Waals surface area contributed by atoms with E-state index >= 15 is 0 Å². The van der Waals surface area contributed by atoms with Crippen molar-refractivity contribution in [1.29, 1.82) is 0 Å². The molecule has 0 amide bonds. The average molecular weight is 432 g/mol. The third kappa shape index (κ3) is 4.87. The first-order valence-corrected chi connectivity index (χ1v) is 9.44. The quantitative estimate of drug-likeness (QED) is 0.326. The van der Waals surface area contributed by atoms with E-state index in [9.17, 15) is 0 Å². The van der Waals surface area contributed by atoms with Crippen LogP contribution in [0.15, 0.2) is 48.5 Å². The fraction of sp³-hybridized carbons (Fsp3) is 0.100. The summed E-state index contributed by atoms with van der Waals surface area (Å²) in [5, 5.41) is 0. The van der Waals surface area contributed by atoms with Gasteiger partial charge in [0.05, 0.1) is 0 Å². The van der Waals surface area contributed by atoms with Crippen LogP contribution < -0.4 is 32.4 Å². The van der Waals surface area contributed by atoms with E-state index in [0.29, 0.717) is 23.1 Å². The van der Waals surface area contributed by atoms with E-state index < -0.39 is 0 Å². The topological polar surface area (TPSA) is 200 Å². The average Bonchev–Trinajstić information content (AvgIpc) is 2.75. The normalized spacial score (nSPS) is 10.6. The van der Waals surface area contributed by atoms with Crippen LogP contribution >= 0.6 is 0 Å². The molecule has 162 valence electrons. The summed E-state index contributed by atoms with van der Waals surface area (Å²) in [7, 11) is 0. The lowest BCUT2D eigenvalue weighted by Crippen LogP contribution is -2.10. The number of anilines is 4. The Morgan fingerprint density at radius 3 is 1.22 bits per heavy atom. The lowest BCUT2D eigenvalue weighted by Gasteiger charge is -2.15. The molecular weight excluding hydrogens is 412 g/mol. The lowest BCUT2D eigenvalue weighted by molar-refractivity contribution is 0.292. The Morgan fingerprint density at radius 1 is 0.500 bits per heavy atom. The number of nitrogen functional groups attached to an aromatic ring is 4. The van der Waals surface area contributed by atoms with Crippen molar-refractivity contribution in [1.82, 2.24) is 29.9 Å². The van der Waals surface area contributed by atoms with Gasteiger partial charge in [-0.2, -0.15) is 29.9 Å². The van der Waals surface area contributed by atoms with Gasteiger partial charge in [-0.1, -0.05) is 36.4 Å². The summed E-state index contributed by atoms with van der Waals surface area (Å²) in [4.78, 5) is 23.6. The molecule has 0 spiro atoms. The molecule has 0 aliphatic carbocycles. The molecule has 0 aliphatic heterocycles. The zero-order chi connectivity index (χ0) is 22.5. The maximum atomic E-state index is 5.95. The Bertz CT molecular complexity index is 1110. The van der Waals surface area contributed by atoms with E-state index in [1.165, 1.54) is 0 Å². The van der Waals surface area contributed by atoms with Crippen LogP contribution in [0.25, 0.3) is 11.1 Å². The standard InChI is InChI=1S/C20H20N10O2/c21-17-25-15(26-18(22)29-17)9-31-13-7-3-1-5-11(13)12-6-2-4-8-14(12)32-10-16-27-19(23)30-20(24)28-16/h1-8H,9-10H2,(H4,21,22,25,26,29)(H4,23,24,27,28,30). The van der Waals surface area contributed by atoms with Crippen molar-refractivity contribution < 1.29 is 9.47 Å². The molecule has 0 bridgehead atoms. The van der Waals surface area contributed by atoms with Crippen LogP contribution in [0.5, 0.6) is 11.5 Å². The lowest BCUT2D eigenvalue weighted by atomic mass is 10.0. The molecule has 0 fully saturated rings. The van der Waals surface area contributed by atoms with Crippen LogP contribution in [0.3, 0.4) is 0 Å².